The molecule has 0 spiro atoms. The molecule has 1 saturated heterocycles. The highest BCUT2D eigenvalue weighted by atomic mass is 32.2. The zero-order valence-corrected chi connectivity index (χ0v) is 10.8. The summed E-state index contributed by atoms with van der Waals surface area (Å²) in [5.74, 6) is 0. The first-order valence-electron chi connectivity index (χ1n) is 5.31. The summed E-state index contributed by atoms with van der Waals surface area (Å²) < 4.78 is 26.3. The third kappa shape index (κ3) is 2.21. The molecule has 2 heterocycles. The smallest absolute Gasteiger partial charge is 0.252 e. The van der Waals surface area contributed by atoms with E-state index in [0.717, 1.165) is 24.2 Å². The van der Waals surface area contributed by atoms with Crippen LogP contribution in [0.15, 0.2) is 16.3 Å². The standard InChI is InChI=1S/C10H13N3O2S2/c11-6-8-2-1-5-13(8)17(14,15)10-4-3-9(7-12)16-10/h3-4,8H,1-2,5-6,11H2. The van der Waals surface area contributed by atoms with Crippen molar-refractivity contribution in [1.29, 1.82) is 5.26 Å². The van der Waals surface area contributed by atoms with Crippen molar-refractivity contribution in [3.05, 3.63) is 17.0 Å². The van der Waals surface area contributed by atoms with E-state index in [9.17, 15) is 8.42 Å². The molecule has 1 aliphatic rings. The molecule has 5 nitrogen and oxygen atoms in total. The van der Waals surface area contributed by atoms with Crippen LogP contribution in [0.1, 0.15) is 17.7 Å². The topological polar surface area (TPSA) is 87.2 Å². The summed E-state index contributed by atoms with van der Waals surface area (Å²) in [6, 6.07) is 4.87. The van der Waals surface area contributed by atoms with E-state index in [4.69, 9.17) is 11.0 Å². The minimum Gasteiger partial charge on any atom is -0.329 e. The zero-order chi connectivity index (χ0) is 12.5. The number of sulfonamides is 1. The van der Waals surface area contributed by atoms with E-state index in [2.05, 4.69) is 0 Å². The molecule has 2 rings (SSSR count). The van der Waals surface area contributed by atoms with Crippen LogP contribution in [-0.2, 0) is 10.0 Å². The van der Waals surface area contributed by atoms with E-state index in [1.165, 1.54) is 16.4 Å². The summed E-state index contributed by atoms with van der Waals surface area (Å²) in [6.07, 6.45) is 1.66. The van der Waals surface area contributed by atoms with Crippen LogP contribution in [0.4, 0.5) is 0 Å². The van der Waals surface area contributed by atoms with E-state index < -0.39 is 10.0 Å². The van der Waals surface area contributed by atoms with Gasteiger partial charge in [0.15, 0.2) is 0 Å². The average Bonchev–Trinajstić information content (AvgIpc) is 2.97. The van der Waals surface area contributed by atoms with E-state index in [1.54, 1.807) is 0 Å². The van der Waals surface area contributed by atoms with Crippen LogP contribution < -0.4 is 5.73 Å². The molecule has 1 unspecified atom stereocenters. The van der Waals surface area contributed by atoms with Crippen molar-refractivity contribution in [2.24, 2.45) is 5.73 Å². The molecule has 1 aromatic heterocycles. The Bertz CT molecular complexity index is 544. The van der Waals surface area contributed by atoms with Crippen LogP contribution in [0.5, 0.6) is 0 Å². The Kier molecular flexibility index (Phi) is 3.49. The number of rotatable bonds is 3. The van der Waals surface area contributed by atoms with Crippen molar-refractivity contribution in [2.45, 2.75) is 23.1 Å². The highest BCUT2D eigenvalue weighted by molar-refractivity contribution is 7.91. The molecule has 7 heteroatoms. The maximum atomic E-state index is 12.3. The van der Waals surface area contributed by atoms with Gasteiger partial charge in [-0.25, -0.2) is 8.42 Å². The highest BCUT2D eigenvalue weighted by Gasteiger charge is 2.35. The Labute approximate surface area is 105 Å². The van der Waals surface area contributed by atoms with Gasteiger partial charge >= 0.3 is 0 Å². The molecule has 0 saturated carbocycles. The van der Waals surface area contributed by atoms with Gasteiger partial charge in [0, 0.05) is 19.1 Å². The lowest BCUT2D eigenvalue weighted by molar-refractivity contribution is 0.394. The zero-order valence-electron chi connectivity index (χ0n) is 9.17. The molecule has 1 aromatic rings. The van der Waals surface area contributed by atoms with Gasteiger partial charge in [0.1, 0.15) is 15.2 Å². The van der Waals surface area contributed by atoms with E-state index in [0.29, 0.717) is 18.0 Å². The van der Waals surface area contributed by atoms with Crippen molar-refractivity contribution < 1.29 is 8.42 Å². The van der Waals surface area contributed by atoms with Gasteiger partial charge in [-0.2, -0.15) is 9.57 Å². The first kappa shape index (κ1) is 12.5. The minimum atomic E-state index is -3.47. The number of nitriles is 1. The number of nitrogens with zero attached hydrogens (tertiary/aromatic N) is 2. The summed E-state index contributed by atoms with van der Waals surface area (Å²) in [6.45, 7) is 0.861. The fourth-order valence-corrected chi connectivity index (χ4v) is 4.93. The second kappa shape index (κ2) is 4.74. The van der Waals surface area contributed by atoms with E-state index in [-0.39, 0.29) is 10.3 Å². The van der Waals surface area contributed by atoms with Crippen LogP contribution in [0, 0.1) is 11.3 Å². The molecule has 1 fully saturated rings. The quantitative estimate of drug-likeness (QED) is 0.878. The van der Waals surface area contributed by atoms with Crippen molar-refractivity contribution in [3.8, 4) is 6.07 Å². The summed E-state index contributed by atoms with van der Waals surface area (Å²) in [5.41, 5.74) is 5.58. The summed E-state index contributed by atoms with van der Waals surface area (Å²) in [7, 11) is -3.47. The van der Waals surface area contributed by atoms with Crippen molar-refractivity contribution in [1.82, 2.24) is 4.31 Å². The molecule has 0 aromatic carbocycles. The molecule has 0 radical (unpaired) electrons. The molecule has 92 valence electrons. The Morgan fingerprint density at radius 2 is 2.35 bits per heavy atom. The minimum absolute atomic E-state index is 0.104. The van der Waals surface area contributed by atoms with Crippen molar-refractivity contribution in [3.63, 3.8) is 0 Å². The molecule has 0 amide bonds. The monoisotopic (exact) mass is 271 g/mol. The fourth-order valence-electron chi connectivity index (χ4n) is 2.00. The fraction of sp³-hybridized carbons (Fsp3) is 0.500. The summed E-state index contributed by atoms with van der Waals surface area (Å²) in [5, 5.41) is 8.71. The SMILES string of the molecule is N#Cc1ccc(S(=O)(=O)N2CCCC2CN)s1. The normalized spacial score (nSPS) is 21.5. The Morgan fingerprint density at radius 1 is 1.59 bits per heavy atom. The largest absolute Gasteiger partial charge is 0.329 e. The van der Waals surface area contributed by atoms with Gasteiger partial charge in [0.2, 0.25) is 0 Å². The Morgan fingerprint density at radius 3 is 2.94 bits per heavy atom. The van der Waals surface area contributed by atoms with Gasteiger partial charge in [-0.1, -0.05) is 0 Å². The van der Waals surface area contributed by atoms with Gasteiger partial charge in [-0.3, -0.25) is 0 Å². The predicted octanol–water partition coefficient (Wildman–Crippen LogP) is 0.732. The van der Waals surface area contributed by atoms with E-state index in [1.807, 2.05) is 6.07 Å². The van der Waals surface area contributed by atoms with Crippen LogP contribution >= 0.6 is 11.3 Å². The molecule has 1 aliphatic heterocycles. The molecule has 17 heavy (non-hydrogen) atoms. The van der Waals surface area contributed by atoms with Crippen LogP contribution in [-0.4, -0.2) is 31.9 Å². The van der Waals surface area contributed by atoms with Gasteiger partial charge in [-0.05, 0) is 25.0 Å². The average molecular weight is 271 g/mol. The lowest BCUT2D eigenvalue weighted by Crippen LogP contribution is -2.39. The number of hydrogen-bond acceptors (Lipinski definition) is 5. The van der Waals surface area contributed by atoms with Gasteiger partial charge in [0.25, 0.3) is 10.0 Å². The molecular formula is C10H13N3O2S2. The first-order valence-corrected chi connectivity index (χ1v) is 7.57. The molecular weight excluding hydrogens is 258 g/mol. The maximum absolute atomic E-state index is 12.3. The molecule has 2 N–H and O–H groups in total. The summed E-state index contributed by atoms with van der Waals surface area (Å²) >= 11 is 1.01. The summed E-state index contributed by atoms with van der Waals surface area (Å²) in [4.78, 5) is 0.409. The number of nitrogens with two attached hydrogens (primary N) is 1. The van der Waals surface area contributed by atoms with Gasteiger partial charge in [-0.15, -0.1) is 11.3 Å². The second-order valence-corrected chi connectivity index (χ2v) is 7.08. The lowest BCUT2D eigenvalue weighted by Gasteiger charge is -2.21. The third-order valence-electron chi connectivity index (χ3n) is 2.85. The lowest BCUT2D eigenvalue weighted by atomic mass is 10.2. The van der Waals surface area contributed by atoms with Gasteiger partial charge in [0.05, 0.1) is 0 Å². The number of thiophene rings is 1. The highest BCUT2D eigenvalue weighted by Crippen LogP contribution is 2.29. The van der Waals surface area contributed by atoms with Crippen LogP contribution in [0.3, 0.4) is 0 Å². The third-order valence-corrected chi connectivity index (χ3v) is 6.26. The Hall–Kier alpha value is -0.940. The van der Waals surface area contributed by atoms with E-state index >= 15 is 0 Å². The maximum Gasteiger partial charge on any atom is 0.252 e. The molecule has 0 aliphatic carbocycles. The Balaban J connectivity index is 2.33. The van der Waals surface area contributed by atoms with Crippen molar-refractivity contribution in [2.75, 3.05) is 13.1 Å². The first-order chi connectivity index (χ1) is 8.09. The molecule has 0 bridgehead atoms. The number of hydrogen-bond donors (Lipinski definition) is 1. The van der Waals surface area contributed by atoms with Crippen LogP contribution in [0.25, 0.3) is 0 Å². The van der Waals surface area contributed by atoms with Crippen molar-refractivity contribution >= 4 is 21.4 Å². The van der Waals surface area contributed by atoms with Gasteiger partial charge < -0.3 is 5.73 Å². The second-order valence-electron chi connectivity index (χ2n) is 3.88. The van der Waals surface area contributed by atoms with Crippen LogP contribution in [0.2, 0.25) is 0 Å². The molecule has 1 atom stereocenters. The predicted molar refractivity (Wildman–Crippen MR) is 65.0 cm³/mol.